The molecule has 19 heavy (non-hydrogen) atoms. The fraction of sp³-hybridized carbons (Fsp3) is 0.250. The number of aliphatic carboxylic acids is 2. The number of para-hydroxylation sites is 1. The molecule has 0 bridgehead atoms. The van der Waals surface area contributed by atoms with Gasteiger partial charge in [-0.15, -0.1) is 0 Å². The van der Waals surface area contributed by atoms with Crippen molar-refractivity contribution in [1.29, 1.82) is 0 Å². The molecule has 0 aliphatic rings. The number of carbonyl (C=O) groups is 2. The smallest absolute Gasteiger partial charge is 0.308 e. The Bertz CT molecular complexity index is 464. The molecule has 102 valence electrons. The van der Waals surface area contributed by atoms with E-state index in [1.807, 2.05) is 18.2 Å². The summed E-state index contributed by atoms with van der Waals surface area (Å²) in [6.07, 6.45) is -0.448. The highest BCUT2D eigenvalue weighted by molar-refractivity contribution is 7.80. The maximum Gasteiger partial charge on any atom is 0.308 e. The van der Waals surface area contributed by atoms with Crippen molar-refractivity contribution in [2.45, 2.75) is 6.42 Å². The Morgan fingerprint density at radius 3 is 2.37 bits per heavy atom. The van der Waals surface area contributed by atoms with E-state index in [-0.39, 0.29) is 11.7 Å². The van der Waals surface area contributed by atoms with Gasteiger partial charge in [0.05, 0.1) is 12.3 Å². The van der Waals surface area contributed by atoms with E-state index in [1.165, 1.54) is 0 Å². The van der Waals surface area contributed by atoms with Crippen molar-refractivity contribution < 1.29 is 19.8 Å². The van der Waals surface area contributed by atoms with E-state index in [9.17, 15) is 9.59 Å². The van der Waals surface area contributed by atoms with Crippen LogP contribution in [0.15, 0.2) is 30.3 Å². The largest absolute Gasteiger partial charge is 0.481 e. The van der Waals surface area contributed by atoms with Crippen molar-refractivity contribution in [3.63, 3.8) is 0 Å². The van der Waals surface area contributed by atoms with E-state index < -0.39 is 24.3 Å². The predicted octanol–water partition coefficient (Wildman–Crippen LogP) is 1.15. The number of rotatable bonds is 6. The Labute approximate surface area is 115 Å². The van der Waals surface area contributed by atoms with Gasteiger partial charge in [0.2, 0.25) is 0 Å². The van der Waals surface area contributed by atoms with Crippen LogP contribution in [0.5, 0.6) is 0 Å². The van der Waals surface area contributed by atoms with Crippen LogP contribution in [0.4, 0.5) is 5.69 Å². The number of carboxylic acid groups (broad SMARTS) is 2. The van der Waals surface area contributed by atoms with Crippen molar-refractivity contribution in [2.24, 2.45) is 5.92 Å². The lowest BCUT2D eigenvalue weighted by Crippen LogP contribution is -2.36. The van der Waals surface area contributed by atoms with E-state index in [4.69, 9.17) is 22.4 Å². The molecule has 1 aromatic carbocycles. The first kappa shape index (κ1) is 14.9. The maximum absolute atomic E-state index is 10.8. The minimum absolute atomic E-state index is 0.0414. The molecule has 0 fully saturated rings. The Kier molecular flexibility index (Phi) is 5.74. The molecule has 0 spiro atoms. The first-order chi connectivity index (χ1) is 8.99. The third-order valence-corrected chi connectivity index (χ3v) is 2.56. The first-order valence-corrected chi connectivity index (χ1v) is 5.94. The van der Waals surface area contributed by atoms with Crippen LogP contribution >= 0.6 is 12.2 Å². The molecule has 0 saturated carbocycles. The number of benzene rings is 1. The molecule has 6 nitrogen and oxygen atoms in total. The van der Waals surface area contributed by atoms with Crippen LogP contribution in [0.25, 0.3) is 0 Å². The molecular weight excluding hydrogens is 268 g/mol. The van der Waals surface area contributed by atoms with Crippen molar-refractivity contribution >= 4 is 35.0 Å². The Morgan fingerprint density at radius 2 is 1.84 bits per heavy atom. The highest BCUT2D eigenvalue weighted by Crippen LogP contribution is 2.05. The number of hydrogen-bond donors (Lipinski definition) is 4. The topological polar surface area (TPSA) is 98.7 Å². The summed E-state index contributed by atoms with van der Waals surface area (Å²) in [6, 6.07) is 9.12. The second-order valence-electron chi connectivity index (χ2n) is 3.83. The average Bonchev–Trinajstić information content (AvgIpc) is 2.35. The normalized spacial score (nSPS) is 11.4. The number of hydrogen-bond acceptors (Lipinski definition) is 3. The molecule has 0 heterocycles. The van der Waals surface area contributed by atoms with Gasteiger partial charge in [-0.1, -0.05) is 18.2 Å². The predicted molar refractivity (Wildman–Crippen MR) is 74.0 cm³/mol. The molecule has 1 atom stereocenters. The zero-order valence-corrected chi connectivity index (χ0v) is 10.8. The lowest BCUT2D eigenvalue weighted by atomic mass is 10.1. The summed E-state index contributed by atoms with van der Waals surface area (Å²) in [7, 11) is 0. The molecule has 1 unspecified atom stereocenters. The monoisotopic (exact) mass is 282 g/mol. The van der Waals surface area contributed by atoms with E-state index in [0.29, 0.717) is 0 Å². The summed E-state index contributed by atoms with van der Waals surface area (Å²) in [6.45, 7) is -0.0414. The van der Waals surface area contributed by atoms with Crippen LogP contribution in [0, 0.1) is 5.92 Å². The second kappa shape index (κ2) is 7.32. The summed E-state index contributed by atoms with van der Waals surface area (Å²) in [4.78, 5) is 21.3. The lowest BCUT2D eigenvalue weighted by Gasteiger charge is -2.14. The van der Waals surface area contributed by atoms with Crippen LogP contribution in [0.1, 0.15) is 6.42 Å². The summed E-state index contributed by atoms with van der Waals surface area (Å²) < 4.78 is 0. The standard InChI is InChI=1S/C12H14N2O4S/c15-10(16)6-8(11(17)18)7-13-12(19)14-9-4-2-1-3-5-9/h1-5,8H,6-7H2,(H,15,16)(H,17,18)(H2,13,14,19). The van der Waals surface area contributed by atoms with Gasteiger partial charge in [-0.3, -0.25) is 9.59 Å². The number of thiocarbonyl (C=S) groups is 1. The highest BCUT2D eigenvalue weighted by atomic mass is 32.1. The zero-order chi connectivity index (χ0) is 14.3. The Balaban J connectivity index is 2.44. The molecule has 1 rings (SSSR count). The second-order valence-corrected chi connectivity index (χ2v) is 4.24. The van der Waals surface area contributed by atoms with Gasteiger partial charge < -0.3 is 20.8 Å². The third-order valence-electron chi connectivity index (χ3n) is 2.31. The number of carboxylic acids is 2. The van der Waals surface area contributed by atoms with Crippen molar-refractivity contribution in [3.05, 3.63) is 30.3 Å². The van der Waals surface area contributed by atoms with Crippen molar-refractivity contribution in [2.75, 3.05) is 11.9 Å². The molecule has 0 saturated heterocycles. The minimum Gasteiger partial charge on any atom is -0.481 e. The average molecular weight is 282 g/mol. The van der Waals surface area contributed by atoms with Gasteiger partial charge in [0.25, 0.3) is 0 Å². The molecule has 0 aliphatic heterocycles. The van der Waals surface area contributed by atoms with E-state index >= 15 is 0 Å². The summed E-state index contributed by atoms with van der Waals surface area (Å²) in [5.74, 6) is -3.35. The highest BCUT2D eigenvalue weighted by Gasteiger charge is 2.20. The molecule has 0 aromatic heterocycles. The molecule has 7 heteroatoms. The van der Waals surface area contributed by atoms with Crippen LogP contribution in [0.3, 0.4) is 0 Å². The Morgan fingerprint density at radius 1 is 1.21 bits per heavy atom. The number of anilines is 1. The lowest BCUT2D eigenvalue weighted by molar-refractivity contribution is -0.148. The summed E-state index contributed by atoms with van der Waals surface area (Å²) in [5, 5.41) is 23.3. The van der Waals surface area contributed by atoms with E-state index in [0.717, 1.165) is 5.69 Å². The Hall–Kier alpha value is -2.15. The van der Waals surface area contributed by atoms with Crippen LogP contribution in [-0.2, 0) is 9.59 Å². The van der Waals surface area contributed by atoms with Gasteiger partial charge in [0.1, 0.15) is 0 Å². The molecular formula is C12H14N2O4S. The van der Waals surface area contributed by atoms with Crippen molar-refractivity contribution in [1.82, 2.24) is 5.32 Å². The SMILES string of the molecule is O=C(O)CC(CNC(=S)Nc1ccccc1)C(=O)O. The quantitative estimate of drug-likeness (QED) is 0.581. The zero-order valence-electron chi connectivity index (χ0n) is 10.00. The van der Waals surface area contributed by atoms with Crippen molar-refractivity contribution in [3.8, 4) is 0 Å². The van der Waals surface area contributed by atoms with Gasteiger partial charge in [-0.25, -0.2) is 0 Å². The molecule has 0 aliphatic carbocycles. The van der Waals surface area contributed by atoms with Crippen LogP contribution in [-0.4, -0.2) is 33.8 Å². The molecule has 1 aromatic rings. The molecule has 0 amide bonds. The first-order valence-electron chi connectivity index (χ1n) is 5.53. The number of nitrogens with one attached hydrogen (secondary N) is 2. The van der Waals surface area contributed by atoms with Gasteiger partial charge in [0.15, 0.2) is 5.11 Å². The fourth-order valence-electron chi connectivity index (χ4n) is 1.37. The molecule has 4 N–H and O–H groups in total. The van der Waals surface area contributed by atoms with Crippen LogP contribution < -0.4 is 10.6 Å². The van der Waals surface area contributed by atoms with Gasteiger partial charge >= 0.3 is 11.9 Å². The summed E-state index contributed by atoms with van der Waals surface area (Å²) >= 11 is 4.99. The summed E-state index contributed by atoms with van der Waals surface area (Å²) in [5.41, 5.74) is 0.769. The van der Waals surface area contributed by atoms with E-state index in [2.05, 4.69) is 10.6 Å². The van der Waals surface area contributed by atoms with Crippen LogP contribution in [0.2, 0.25) is 0 Å². The fourth-order valence-corrected chi connectivity index (χ4v) is 1.57. The van der Waals surface area contributed by atoms with E-state index in [1.54, 1.807) is 12.1 Å². The molecule has 0 radical (unpaired) electrons. The minimum atomic E-state index is -1.17. The van der Waals surface area contributed by atoms with Gasteiger partial charge in [-0.2, -0.15) is 0 Å². The third kappa shape index (κ3) is 5.82. The van der Waals surface area contributed by atoms with Gasteiger partial charge in [0, 0.05) is 12.2 Å². The van der Waals surface area contributed by atoms with Gasteiger partial charge in [-0.05, 0) is 24.4 Å². The maximum atomic E-state index is 10.8.